The van der Waals surface area contributed by atoms with E-state index in [0.29, 0.717) is 34.8 Å². The Balaban J connectivity index is 1.66. The summed E-state index contributed by atoms with van der Waals surface area (Å²) in [6.45, 7) is 0.345. The number of hydrogen-bond acceptors (Lipinski definition) is 8. The van der Waals surface area contributed by atoms with Gasteiger partial charge in [-0.2, -0.15) is 0 Å². The second-order valence-corrected chi connectivity index (χ2v) is 7.37. The van der Waals surface area contributed by atoms with Crippen molar-refractivity contribution in [3.8, 4) is 17.2 Å². The maximum absolute atomic E-state index is 14.6. The molecule has 3 aromatic carbocycles. The van der Waals surface area contributed by atoms with Crippen LogP contribution in [0.15, 0.2) is 60.9 Å². The van der Waals surface area contributed by atoms with Crippen LogP contribution in [0.3, 0.4) is 0 Å². The molecule has 0 aliphatic rings. The van der Waals surface area contributed by atoms with Gasteiger partial charge in [-0.25, -0.2) is 19.2 Å². The molecule has 0 unspecified atom stereocenters. The summed E-state index contributed by atoms with van der Waals surface area (Å²) in [4.78, 5) is 20.0. The van der Waals surface area contributed by atoms with Crippen molar-refractivity contribution in [3.63, 3.8) is 0 Å². The fraction of sp³-hybridized carbons (Fsp3) is 0.125. The molecule has 10 heteroatoms. The predicted octanol–water partition coefficient (Wildman–Crippen LogP) is 5.90. The standard InChI is InChI=1S/C24H19ClFN3O5/c1-31-21-8-15-18(10-22(21)33-12-14-6-4-3-5-7-14)27-13-28-23(15)29-19-11-20(34-24(30)32-2)16(25)9-17(19)26/h3-11,13H,12H2,1-2H3,(H,27,28,29). The first kappa shape index (κ1) is 23.1. The quantitative estimate of drug-likeness (QED) is 0.256. The third-order valence-corrected chi connectivity index (χ3v) is 5.09. The van der Waals surface area contributed by atoms with Crippen molar-refractivity contribution in [3.05, 3.63) is 77.3 Å². The Morgan fingerprint density at radius 2 is 1.82 bits per heavy atom. The Hall–Kier alpha value is -4.11. The lowest BCUT2D eigenvalue weighted by Gasteiger charge is -2.15. The lowest BCUT2D eigenvalue weighted by Crippen LogP contribution is -2.08. The molecule has 0 bridgehead atoms. The lowest BCUT2D eigenvalue weighted by atomic mass is 10.2. The summed E-state index contributed by atoms with van der Waals surface area (Å²) in [6, 6.07) is 15.4. The third kappa shape index (κ3) is 5.10. The van der Waals surface area contributed by atoms with E-state index in [1.54, 1.807) is 12.1 Å². The zero-order chi connectivity index (χ0) is 24.1. The first-order valence-electron chi connectivity index (χ1n) is 10.00. The second kappa shape index (κ2) is 10.2. The number of halogens is 2. The van der Waals surface area contributed by atoms with Crippen LogP contribution in [0.4, 0.5) is 20.7 Å². The Kier molecular flexibility index (Phi) is 6.93. The maximum Gasteiger partial charge on any atom is 0.513 e. The summed E-state index contributed by atoms with van der Waals surface area (Å²) in [6.07, 6.45) is 0.345. The normalized spacial score (nSPS) is 10.6. The molecule has 0 fully saturated rings. The molecular formula is C24H19ClFN3O5. The van der Waals surface area contributed by atoms with Crippen LogP contribution in [0.5, 0.6) is 17.2 Å². The van der Waals surface area contributed by atoms with Crippen LogP contribution >= 0.6 is 11.6 Å². The molecule has 4 aromatic rings. The van der Waals surface area contributed by atoms with Gasteiger partial charge < -0.3 is 24.3 Å². The van der Waals surface area contributed by atoms with Crippen LogP contribution in [-0.2, 0) is 11.3 Å². The minimum Gasteiger partial charge on any atom is -0.493 e. The van der Waals surface area contributed by atoms with E-state index in [4.69, 9.17) is 25.8 Å². The SMILES string of the molecule is COC(=O)Oc1cc(Nc2ncnc3cc(OCc4ccccc4)c(OC)cc23)c(F)cc1Cl. The third-order valence-electron chi connectivity index (χ3n) is 4.79. The average molecular weight is 484 g/mol. The monoisotopic (exact) mass is 483 g/mol. The highest BCUT2D eigenvalue weighted by atomic mass is 35.5. The van der Waals surface area contributed by atoms with Crippen molar-refractivity contribution in [1.82, 2.24) is 9.97 Å². The lowest BCUT2D eigenvalue weighted by molar-refractivity contribution is 0.121. The van der Waals surface area contributed by atoms with E-state index < -0.39 is 12.0 Å². The molecular weight excluding hydrogens is 465 g/mol. The molecule has 1 heterocycles. The summed E-state index contributed by atoms with van der Waals surface area (Å²) in [7, 11) is 2.67. The first-order chi connectivity index (χ1) is 16.5. The van der Waals surface area contributed by atoms with Gasteiger partial charge in [0.2, 0.25) is 0 Å². The number of nitrogens with zero attached hydrogens (tertiary/aromatic N) is 2. The van der Waals surface area contributed by atoms with Crippen molar-refractivity contribution in [2.75, 3.05) is 19.5 Å². The number of methoxy groups -OCH3 is 2. The number of carbonyl (C=O) groups is 1. The number of rotatable bonds is 7. The topological polar surface area (TPSA) is 91.8 Å². The molecule has 174 valence electrons. The number of fused-ring (bicyclic) bond motifs is 1. The van der Waals surface area contributed by atoms with Gasteiger partial charge in [0, 0.05) is 17.5 Å². The van der Waals surface area contributed by atoms with Gasteiger partial charge in [-0.1, -0.05) is 41.9 Å². The molecule has 0 spiro atoms. The first-order valence-corrected chi connectivity index (χ1v) is 10.4. The Labute approximate surface area is 199 Å². The van der Waals surface area contributed by atoms with Crippen molar-refractivity contribution in [2.45, 2.75) is 6.61 Å². The summed E-state index contributed by atoms with van der Waals surface area (Å²) in [5.74, 6) is 0.486. The van der Waals surface area contributed by atoms with Gasteiger partial charge in [0.05, 0.1) is 30.4 Å². The minimum atomic E-state index is -0.986. The molecule has 34 heavy (non-hydrogen) atoms. The zero-order valence-corrected chi connectivity index (χ0v) is 18.9. The molecule has 1 N–H and O–H groups in total. The van der Waals surface area contributed by atoms with Gasteiger partial charge in [-0.3, -0.25) is 0 Å². The molecule has 1 aromatic heterocycles. The summed E-state index contributed by atoms with van der Waals surface area (Å²) in [5, 5.41) is 3.35. The van der Waals surface area contributed by atoms with Crippen LogP contribution in [0.1, 0.15) is 5.56 Å². The summed E-state index contributed by atoms with van der Waals surface area (Å²) < 4.78 is 35.4. The molecule has 0 saturated carbocycles. The summed E-state index contributed by atoms with van der Waals surface area (Å²) in [5.41, 5.74) is 1.52. The highest BCUT2D eigenvalue weighted by Gasteiger charge is 2.16. The number of ether oxygens (including phenoxy) is 4. The van der Waals surface area contributed by atoms with E-state index in [-0.39, 0.29) is 16.5 Å². The fourth-order valence-electron chi connectivity index (χ4n) is 3.13. The van der Waals surface area contributed by atoms with E-state index >= 15 is 0 Å². The molecule has 0 atom stereocenters. The van der Waals surface area contributed by atoms with E-state index in [1.165, 1.54) is 19.5 Å². The summed E-state index contributed by atoms with van der Waals surface area (Å²) >= 11 is 5.97. The van der Waals surface area contributed by atoms with Crippen LogP contribution < -0.4 is 19.5 Å². The molecule has 0 aliphatic carbocycles. The van der Waals surface area contributed by atoms with Crippen LogP contribution in [-0.4, -0.2) is 30.3 Å². The Bertz CT molecular complexity index is 1340. The number of benzene rings is 3. The van der Waals surface area contributed by atoms with Crippen molar-refractivity contribution < 1.29 is 28.1 Å². The minimum absolute atomic E-state index is 0.0216. The van der Waals surface area contributed by atoms with Gasteiger partial charge in [-0.15, -0.1) is 0 Å². The Morgan fingerprint density at radius 3 is 2.56 bits per heavy atom. The number of hydrogen-bond donors (Lipinski definition) is 1. The number of aromatic nitrogens is 2. The average Bonchev–Trinajstić information content (AvgIpc) is 2.85. The fourth-order valence-corrected chi connectivity index (χ4v) is 3.32. The van der Waals surface area contributed by atoms with Gasteiger partial charge in [-0.05, 0) is 17.7 Å². The highest BCUT2D eigenvalue weighted by molar-refractivity contribution is 6.32. The number of nitrogens with one attached hydrogen (secondary N) is 1. The van der Waals surface area contributed by atoms with Gasteiger partial charge in [0.25, 0.3) is 0 Å². The molecule has 0 amide bonds. The maximum atomic E-state index is 14.6. The highest BCUT2D eigenvalue weighted by Crippen LogP contribution is 2.37. The second-order valence-electron chi connectivity index (χ2n) is 6.96. The Morgan fingerprint density at radius 1 is 1.03 bits per heavy atom. The van der Waals surface area contributed by atoms with Crippen LogP contribution in [0.25, 0.3) is 10.9 Å². The number of anilines is 2. The van der Waals surface area contributed by atoms with Crippen molar-refractivity contribution >= 4 is 40.2 Å². The van der Waals surface area contributed by atoms with Gasteiger partial charge in [0.1, 0.15) is 24.6 Å². The van der Waals surface area contributed by atoms with E-state index in [2.05, 4.69) is 20.0 Å². The van der Waals surface area contributed by atoms with Crippen LogP contribution in [0, 0.1) is 5.82 Å². The molecule has 8 nitrogen and oxygen atoms in total. The molecule has 0 aliphatic heterocycles. The van der Waals surface area contributed by atoms with Crippen molar-refractivity contribution in [1.29, 1.82) is 0 Å². The van der Waals surface area contributed by atoms with Crippen LogP contribution in [0.2, 0.25) is 5.02 Å². The molecule has 4 rings (SSSR count). The van der Waals surface area contributed by atoms with E-state index in [0.717, 1.165) is 18.7 Å². The largest absolute Gasteiger partial charge is 0.513 e. The molecule has 0 radical (unpaired) electrons. The van der Waals surface area contributed by atoms with E-state index in [1.807, 2.05) is 30.3 Å². The van der Waals surface area contributed by atoms with Crippen molar-refractivity contribution in [2.24, 2.45) is 0 Å². The number of carbonyl (C=O) groups excluding carboxylic acids is 1. The predicted molar refractivity (Wildman–Crippen MR) is 125 cm³/mol. The van der Waals surface area contributed by atoms with Gasteiger partial charge in [0.15, 0.2) is 17.2 Å². The molecule has 0 saturated heterocycles. The van der Waals surface area contributed by atoms with Gasteiger partial charge >= 0.3 is 6.16 Å². The zero-order valence-electron chi connectivity index (χ0n) is 18.2. The smallest absolute Gasteiger partial charge is 0.493 e. The van der Waals surface area contributed by atoms with E-state index in [9.17, 15) is 9.18 Å².